The fraction of sp³-hybridized carbons (Fsp3) is 0.593. The predicted molar refractivity (Wildman–Crippen MR) is 146 cm³/mol. The molecule has 11 heteroatoms. The first-order chi connectivity index (χ1) is 18.2. The van der Waals surface area contributed by atoms with Crippen molar-refractivity contribution in [2.45, 2.75) is 65.0 Å². The summed E-state index contributed by atoms with van der Waals surface area (Å²) in [6.07, 6.45) is 5.25. The topological polar surface area (TPSA) is 115 Å². The van der Waals surface area contributed by atoms with Crippen LogP contribution in [-0.2, 0) is 9.59 Å². The molecule has 204 valence electrons. The summed E-state index contributed by atoms with van der Waals surface area (Å²) in [4.78, 5) is 62.7. The molecular weight excluding hydrogens is 504 g/mol. The summed E-state index contributed by atoms with van der Waals surface area (Å²) in [6, 6.07) is 3.47. The van der Waals surface area contributed by atoms with Gasteiger partial charge in [-0.15, -0.1) is 0 Å². The van der Waals surface area contributed by atoms with Gasteiger partial charge in [-0.1, -0.05) is 11.3 Å². The average molecular weight is 541 g/mol. The second kappa shape index (κ2) is 10.6. The average Bonchev–Trinajstić information content (AvgIpc) is 3.37. The van der Waals surface area contributed by atoms with Crippen LogP contribution in [0, 0.1) is 5.41 Å². The number of fused-ring (bicyclic) bond motifs is 1. The van der Waals surface area contributed by atoms with E-state index in [0.717, 1.165) is 37.6 Å². The molecule has 0 aromatic carbocycles. The molecule has 1 unspecified atom stereocenters. The first-order valence-electron chi connectivity index (χ1n) is 13.6. The van der Waals surface area contributed by atoms with Gasteiger partial charge in [-0.3, -0.25) is 29.5 Å². The number of hydrogen-bond acceptors (Lipinski definition) is 7. The molecule has 5 rings (SSSR count). The number of pyridine rings is 1. The molecule has 10 nitrogen and oxygen atoms in total. The lowest BCUT2D eigenvalue weighted by Crippen LogP contribution is -2.54. The van der Waals surface area contributed by atoms with Gasteiger partial charge in [-0.05, 0) is 65.1 Å². The number of piperidine rings is 2. The number of carbonyl (C=O) groups is 4. The van der Waals surface area contributed by atoms with Gasteiger partial charge in [0.15, 0.2) is 0 Å². The summed E-state index contributed by atoms with van der Waals surface area (Å²) in [5, 5.41) is 6.81. The molecule has 5 amide bonds. The van der Waals surface area contributed by atoms with Crippen molar-refractivity contribution in [3.8, 4) is 0 Å². The molecule has 3 aliphatic rings. The number of nitrogens with one attached hydrogen (secondary N) is 2. The Hall–Kier alpha value is -3.05. The highest BCUT2D eigenvalue weighted by Gasteiger charge is 2.54. The second-order valence-corrected chi connectivity index (χ2v) is 11.9. The van der Waals surface area contributed by atoms with Gasteiger partial charge in [-0.2, -0.15) is 0 Å². The quantitative estimate of drug-likeness (QED) is 0.563. The lowest BCUT2D eigenvalue weighted by molar-refractivity contribution is -0.145. The molecule has 2 aromatic rings. The van der Waals surface area contributed by atoms with Crippen molar-refractivity contribution in [2.75, 3.05) is 38.0 Å². The molecule has 0 bridgehead atoms. The Morgan fingerprint density at radius 1 is 1.21 bits per heavy atom. The van der Waals surface area contributed by atoms with Crippen LogP contribution in [0.25, 0.3) is 10.2 Å². The fourth-order valence-electron chi connectivity index (χ4n) is 6.27. The van der Waals surface area contributed by atoms with Crippen LogP contribution in [0.4, 0.5) is 9.80 Å². The largest absolute Gasteiger partial charge is 0.338 e. The van der Waals surface area contributed by atoms with Crippen LogP contribution in [0.15, 0.2) is 18.3 Å². The van der Waals surface area contributed by atoms with Gasteiger partial charge < -0.3 is 10.2 Å². The van der Waals surface area contributed by atoms with E-state index in [4.69, 9.17) is 0 Å². The molecule has 3 fully saturated rings. The van der Waals surface area contributed by atoms with Crippen molar-refractivity contribution in [1.82, 2.24) is 25.0 Å². The van der Waals surface area contributed by atoms with E-state index in [1.165, 1.54) is 16.2 Å². The van der Waals surface area contributed by atoms with Gasteiger partial charge in [0.2, 0.25) is 11.8 Å². The maximum atomic E-state index is 13.7. The summed E-state index contributed by atoms with van der Waals surface area (Å²) < 4.78 is 0. The second-order valence-electron chi connectivity index (χ2n) is 10.9. The van der Waals surface area contributed by atoms with Crippen molar-refractivity contribution in [1.29, 1.82) is 0 Å². The molecule has 0 aliphatic carbocycles. The highest BCUT2D eigenvalue weighted by molar-refractivity contribution is 7.23. The monoisotopic (exact) mass is 540 g/mol. The Kier molecular flexibility index (Phi) is 7.41. The maximum Gasteiger partial charge on any atom is 0.319 e. The molecule has 3 aliphatic heterocycles. The Morgan fingerprint density at radius 3 is 2.66 bits per heavy atom. The summed E-state index contributed by atoms with van der Waals surface area (Å²) in [6.45, 7) is 8.82. The number of urea groups is 1. The van der Waals surface area contributed by atoms with Crippen LogP contribution in [0.1, 0.15) is 63.2 Å². The standard InChI is InChI=1S/C27H36N6O4S/c1-4-28-26(37)30-23-21(19-7-5-11-29-22(19)38-23)24(35)31-13-8-18(9-14-31)32-12-6-10-27(16-32)15-20(34)33(17(2)3)25(27)36/h5,7,11,17-18H,4,6,8-10,12-16H2,1-3H3,(H2,28,30,37). The van der Waals surface area contributed by atoms with Gasteiger partial charge in [0.05, 0.1) is 11.0 Å². The highest BCUT2D eigenvalue weighted by Crippen LogP contribution is 2.43. The Labute approximate surface area is 226 Å². The van der Waals surface area contributed by atoms with E-state index in [-0.39, 0.29) is 35.8 Å². The van der Waals surface area contributed by atoms with E-state index >= 15 is 0 Å². The van der Waals surface area contributed by atoms with E-state index in [2.05, 4.69) is 20.5 Å². The molecule has 3 saturated heterocycles. The SMILES string of the molecule is CCNC(=O)Nc1sc2ncccc2c1C(=O)N1CCC(N2CCCC3(CC(=O)N(C(C)C)C3=O)C2)CC1. The third-order valence-electron chi connectivity index (χ3n) is 8.07. The lowest BCUT2D eigenvalue weighted by atomic mass is 9.77. The van der Waals surface area contributed by atoms with Crippen LogP contribution in [0.3, 0.4) is 0 Å². The zero-order valence-corrected chi connectivity index (χ0v) is 23.1. The number of nitrogens with zero attached hydrogens (tertiary/aromatic N) is 4. The number of rotatable bonds is 5. The fourth-order valence-corrected chi connectivity index (χ4v) is 7.30. The van der Waals surface area contributed by atoms with Gasteiger partial charge in [0.1, 0.15) is 9.83 Å². The van der Waals surface area contributed by atoms with E-state index in [0.29, 0.717) is 48.0 Å². The van der Waals surface area contributed by atoms with Crippen LogP contribution >= 0.6 is 11.3 Å². The molecule has 0 radical (unpaired) electrons. The first-order valence-corrected chi connectivity index (χ1v) is 14.4. The number of thiophene rings is 1. The van der Waals surface area contributed by atoms with Crippen LogP contribution in [0.5, 0.6) is 0 Å². The smallest absolute Gasteiger partial charge is 0.319 e. The van der Waals surface area contributed by atoms with Crippen molar-refractivity contribution in [3.05, 3.63) is 23.9 Å². The van der Waals surface area contributed by atoms with E-state index in [9.17, 15) is 19.2 Å². The minimum atomic E-state index is -0.602. The molecular formula is C27H36N6O4S. The molecule has 2 N–H and O–H groups in total. The van der Waals surface area contributed by atoms with Crippen molar-refractivity contribution in [3.63, 3.8) is 0 Å². The van der Waals surface area contributed by atoms with Gasteiger partial charge >= 0.3 is 6.03 Å². The zero-order chi connectivity index (χ0) is 27.0. The van der Waals surface area contributed by atoms with Crippen LogP contribution in [-0.4, -0.2) is 88.2 Å². The third kappa shape index (κ3) is 4.77. The minimum absolute atomic E-state index is 0.0140. The van der Waals surface area contributed by atoms with Crippen LogP contribution < -0.4 is 10.6 Å². The van der Waals surface area contributed by atoms with Crippen molar-refractivity contribution < 1.29 is 19.2 Å². The number of aromatic nitrogens is 1. The molecule has 5 heterocycles. The van der Waals surface area contributed by atoms with E-state index in [1.54, 1.807) is 12.3 Å². The van der Waals surface area contributed by atoms with E-state index in [1.807, 2.05) is 31.7 Å². The first kappa shape index (κ1) is 26.6. The minimum Gasteiger partial charge on any atom is -0.338 e. The summed E-state index contributed by atoms with van der Waals surface area (Å²) in [5.41, 5.74) is -0.113. The lowest BCUT2D eigenvalue weighted by Gasteiger charge is -2.45. The van der Waals surface area contributed by atoms with Gasteiger partial charge in [-0.25, -0.2) is 9.78 Å². The van der Waals surface area contributed by atoms with Gasteiger partial charge in [0.25, 0.3) is 5.91 Å². The third-order valence-corrected chi connectivity index (χ3v) is 9.10. The number of likely N-dealkylation sites (tertiary alicyclic amines) is 3. The van der Waals surface area contributed by atoms with Gasteiger partial charge in [0, 0.05) is 56.3 Å². The number of anilines is 1. The Morgan fingerprint density at radius 2 is 1.97 bits per heavy atom. The number of hydrogen-bond donors (Lipinski definition) is 2. The number of imide groups is 1. The normalized spacial score (nSPS) is 23.2. The summed E-state index contributed by atoms with van der Waals surface area (Å²) in [5.74, 6) is -0.171. The summed E-state index contributed by atoms with van der Waals surface area (Å²) in [7, 11) is 0. The Bertz CT molecular complexity index is 1250. The molecule has 1 spiro atoms. The van der Waals surface area contributed by atoms with Crippen LogP contribution in [0.2, 0.25) is 0 Å². The number of amides is 5. The van der Waals surface area contributed by atoms with E-state index < -0.39 is 5.41 Å². The molecule has 2 aromatic heterocycles. The number of carbonyl (C=O) groups excluding carboxylic acids is 4. The van der Waals surface area contributed by atoms with Crippen molar-refractivity contribution in [2.24, 2.45) is 5.41 Å². The zero-order valence-electron chi connectivity index (χ0n) is 22.3. The highest BCUT2D eigenvalue weighted by atomic mass is 32.1. The maximum absolute atomic E-state index is 13.7. The Balaban J connectivity index is 1.28. The predicted octanol–water partition coefficient (Wildman–Crippen LogP) is 3.29. The molecule has 1 atom stereocenters. The molecule has 0 saturated carbocycles. The summed E-state index contributed by atoms with van der Waals surface area (Å²) >= 11 is 1.30. The van der Waals surface area contributed by atoms with Crippen molar-refractivity contribution >= 4 is 50.3 Å². The molecule has 38 heavy (non-hydrogen) atoms.